The standard InChI is InChI=1S/C18H15N3O4/c1-23-13-5-3-12(4-6-13)19-9-14-17(20-21-18(14)22)11-2-7-15-16(8-11)25-10-24-15/h2-9H,10H2,1H3,(H2,20,21,22). The number of fused-ring (bicyclic) bond motifs is 1. The second-order valence-corrected chi connectivity index (χ2v) is 5.39. The van der Waals surface area contributed by atoms with Crippen molar-refractivity contribution >= 4 is 11.9 Å². The Bertz CT molecular complexity index is 986. The third-order valence-electron chi connectivity index (χ3n) is 3.89. The smallest absolute Gasteiger partial charge is 0.273 e. The van der Waals surface area contributed by atoms with Crippen molar-refractivity contribution in [3.8, 4) is 28.5 Å². The molecular weight excluding hydrogens is 322 g/mol. The monoisotopic (exact) mass is 337 g/mol. The van der Waals surface area contributed by atoms with Crippen molar-refractivity contribution in [2.75, 3.05) is 13.9 Å². The molecular formula is C18H15N3O4. The van der Waals surface area contributed by atoms with Gasteiger partial charge in [0.15, 0.2) is 11.5 Å². The molecule has 0 fully saturated rings. The highest BCUT2D eigenvalue weighted by molar-refractivity contribution is 5.90. The zero-order valence-corrected chi connectivity index (χ0v) is 13.4. The van der Waals surface area contributed by atoms with Crippen molar-refractivity contribution in [3.05, 3.63) is 58.4 Å². The predicted molar refractivity (Wildman–Crippen MR) is 93.2 cm³/mol. The van der Waals surface area contributed by atoms with Gasteiger partial charge >= 0.3 is 0 Å². The maximum Gasteiger partial charge on any atom is 0.273 e. The predicted octanol–water partition coefficient (Wildman–Crippen LogP) is 2.86. The third kappa shape index (κ3) is 2.87. The van der Waals surface area contributed by atoms with E-state index in [0.29, 0.717) is 22.8 Å². The molecule has 0 saturated carbocycles. The molecule has 0 atom stereocenters. The first kappa shape index (κ1) is 15.1. The van der Waals surface area contributed by atoms with E-state index in [1.807, 2.05) is 42.5 Å². The summed E-state index contributed by atoms with van der Waals surface area (Å²) < 4.78 is 15.8. The first-order valence-electron chi connectivity index (χ1n) is 7.63. The number of methoxy groups -OCH3 is 1. The highest BCUT2D eigenvalue weighted by Gasteiger charge is 2.17. The normalized spacial score (nSPS) is 12.7. The van der Waals surface area contributed by atoms with Crippen LogP contribution in [-0.2, 0) is 0 Å². The number of hydrogen-bond donors (Lipinski definition) is 2. The molecule has 1 aliphatic rings. The van der Waals surface area contributed by atoms with Gasteiger partial charge in [-0.05, 0) is 42.5 Å². The molecule has 1 aromatic heterocycles. The first-order valence-corrected chi connectivity index (χ1v) is 7.63. The van der Waals surface area contributed by atoms with Gasteiger partial charge < -0.3 is 14.2 Å². The lowest BCUT2D eigenvalue weighted by Crippen LogP contribution is -2.05. The van der Waals surface area contributed by atoms with Crippen LogP contribution in [0.3, 0.4) is 0 Å². The second-order valence-electron chi connectivity index (χ2n) is 5.39. The lowest BCUT2D eigenvalue weighted by molar-refractivity contribution is 0.174. The largest absolute Gasteiger partial charge is 0.497 e. The number of aromatic amines is 2. The molecule has 2 heterocycles. The van der Waals surface area contributed by atoms with Gasteiger partial charge in [-0.15, -0.1) is 0 Å². The molecule has 0 bridgehead atoms. The lowest BCUT2D eigenvalue weighted by Gasteiger charge is -2.02. The fraction of sp³-hybridized carbons (Fsp3) is 0.111. The molecule has 0 saturated heterocycles. The fourth-order valence-corrected chi connectivity index (χ4v) is 2.58. The second kappa shape index (κ2) is 6.20. The highest BCUT2D eigenvalue weighted by atomic mass is 16.7. The van der Waals surface area contributed by atoms with Crippen LogP contribution in [0.15, 0.2) is 52.3 Å². The maximum absolute atomic E-state index is 12.1. The number of aromatic nitrogens is 2. The van der Waals surface area contributed by atoms with Crippen LogP contribution in [0.4, 0.5) is 5.69 Å². The van der Waals surface area contributed by atoms with Crippen molar-refractivity contribution in [1.82, 2.24) is 10.2 Å². The Kier molecular flexibility index (Phi) is 3.74. The molecule has 7 nitrogen and oxygen atoms in total. The van der Waals surface area contributed by atoms with E-state index < -0.39 is 0 Å². The summed E-state index contributed by atoms with van der Waals surface area (Å²) in [5.74, 6) is 2.09. The summed E-state index contributed by atoms with van der Waals surface area (Å²) in [6.07, 6.45) is 1.54. The van der Waals surface area contributed by atoms with E-state index in [-0.39, 0.29) is 12.4 Å². The zero-order chi connectivity index (χ0) is 17.2. The van der Waals surface area contributed by atoms with E-state index in [2.05, 4.69) is 15.2 Å². The molecule has 0 amide bonds. The van der Waals surface area contributed by atoms with Crippen LogP contribution in [0.5, 0.6) is 17.2 Å². The summed E-state index contributed by atoms with van der Waals surface area (Å²) in [5, 5.41) is 5.49. The Morgan fingerprint density at radius 3 is 2.68 bits per heavy atom. The van der Waals surface area contributed by atoms with E-state index in [1.165, 1.54) is 6.21 Å². The Morgan fingerprint density at radius 1 is 1.08 bits per heavy atom. The van der Waals surface area contributed by atoms with Crippen molar-refractivity contribution in [2.24, 2.45) is 4.99 Å². The molecule has 25 heavy (non-hydrogen) atoms. The van der Waals surface area contributed by atoms with Crippen LogP contribution in [0, 0.1) is 0 Å². The fourth-order valence-electron chi connectivity index (χ4n) is 2.58. The molecule has 0 spiro atoms. The van der Waals surface area contributed by atoms with Gasteiger partial charge in [0.25, 0.3) is 5.56 Å². The number of nitrogens with one attached hydrogen (secondary N) is 2. The summed E-state index contributed by atoms with van der Waals surface area (Å²) >= 11 is 0. The number of ether oxygens (including phenoxy) is 3. The molecule has 3 aromatic rings. The SMILES string of the molecule is COc1ccc(N=Cc2c(-c3ccc4c(c3)OCO4)[nH][nH]c2=O)cc1. The topological polar surface area (TPSA) is 88.7 Å². The average Bonchev–Trinajstić information content (AvgIpc) is 3.26. The van der Waals surface area contributed by atoms with Crippen LogP contribution in [0.1, 0.15) is 5.56 Å². The number of H-pyrrole nitrogens is 2. The van der Waals surface area contributed by atoms with Crippen LogP contribution in [0.25, 0.3) is 11.3 Å². The van der Waals surface area contributed by atoms with E-state index in [1.54, 1.807) is 7.11 Å². The van der Waals surface area contributed by atoms with Gasteiger partial charge in [0, 0.05) is 11.8 Å². The van der Waals surface area contributed by atoms with Gasteiger partial charge in [-0.3, -0.25) is 20.0 Å². The first-order chi connectivity index (χ1) is 12.2. The lowest BCUT2D eigenvalue weighted by atomic mass is 10.1. The summed E-state index contributed by atoms with van der Waals surface area (Å²) in [6, 6.07) is 12.8. The quantitative estimate of drug-likeness (QED) is 0.717. The molecule has 126 valence electrons. The van der Waals surface area contributed by atoms with Crippen LogP contribution < -0.4 is 19.8 Å². The Morgan fingerprint density at radius 2 is 1.88 bits per heavy atom. The molecule has 4 rings (SSSR count). The molecule has 7 heteroatoms. The number of benzene rings is 2. The number of hydrogen-bond acceptors (Lipinski definition) is 5. The molecule has 0 aliphatic carbocycles. The molecule has 1 aliphatic heterocycles. The van der Waals surface area contributed by atoms with Crippen LogP contribution in [0.2, 0.25) is 0 Å². The minimum atomic E-state index is -0.245. The van der Waals surface area contributed by atoms with Crippen molar-refractivity contribution in [3.63, 3.8) is 0 Å². The zero-order valence-electron chi connectivity index (χ0n) is 13.4. The van der Waals surface area contributed by atoms with E-state index in [9.17, 15) is 4.79 Å². The molecule has 0 unspecified atom stereocenters. The Hall–Kier alpha value is -3.48. The van der Waals surface area contributed by atoms with Crippen molar-refractivity contribution in [1.29, 1.82) is 0 Å². The highest BCUT2D eigenvalue weighted by Crippen LogP contribution is 2.35. The third-order valence-corrected chi connectivity index (χ3v) is 3.89. The summed E-state index contributed by atoms with van der Waals surface area (Å²) in [4.78, 5) is 16.5. The van der Waals surface area contributed by atoms with Crippen LogP contribution >= 0.6 is 0 Å². The Balaban J connectivity index is 1.67. The molecule has 0 radical (unpaired) electrons. The number of rotatable bonds is 4. The van der Waals surface area contributed by atoms with Gasteiger partial charge in [0.2, 0.25) is 6.79 Å². The van der Waals surface area contributed by atoms with Gasteiger partial charge in [-0.2, -0.15) is 0 Å². The molecule has 2 N–H and O–H groups in total. The maximum atomic E-state index is 12.1. The number of nitrogens with zero attached hydrogens (tertiary/aromatic N) is 1. The van der Waals surface area contributed by atoms with E-state index >= 15 is 0 Å². The van der Waals surface area contributed by atoms with Gasteiger partial charge in [0.05, 0.1) is 24.1 Å². The van der Waals surface area contributed by atoms with E-state index in [4.69, 9.17) is 14.2 Å². The number of aliphatic imine (C=N–C) groups is 1. The summed E-state index contributed by atoms with van der Waals surface area (Å²) in [6.45, 7) is 0.203. The summed E-state index contributed by atoms with van der Waals surface area (Å²) in [5.41, 5.74) is 2.36. The average molecular weight is 337 g/mol. The van der Waals surface area contributed by atoms with Gasteiger partial charge in [0.1, 0.15) is 5.75 Å². The van der Waals surface area contributed by atoms with Crippen molar-refractivity contribution in [2.45, 2.75) is 0 Å². The minimum Gasteiger partial charge on any atom is -0.497 e. The van der Waals surface area contributed by atoms with Gasteiger partial charge in [-0.1, -0.05) is 0 Å². The minimum absolute atomic E-state index is 0.203. The summed E-state index contributed by atoms with van der Waals surface area (Å²) in [7, 11) is 1.61. The Labute approximate surface area is 142 Å². The van der Waals surface area contributed by atoms with E-state index in [0.717, 1.165) is 17.0 Å². The van der Waals surface area contributed by atoms with Crippen molar-refractivity contribution < 1.29 is 14.2 Å². The molecule has 2 aromatic carbocycles. The van der Waals surface area contributed by atoms with Crippen LogP contribution in [-0.4, -0.2) is 30.3 Å². The van der Waals surface area contributed by atoms with Gasteiger partial charge in [-0.25, -0.2) is 0 Å².